The van der Waals surface area contributed by atoms with Crippen LogP contribution in [0.3, 0.4) is 0 Å². The highest BCUT2D eigenvalue weighted by Crippen LogP contribution is 2.26. The van der Waals surface area contributed by atoms with E-state index >= 15 is 0 Å². The highest BCUT2D eigenvalue weighted by Gasteiger charge is 2.47. The quantitative estimate of drug-likeness (QED) is 0.0195. The molecule has 0 bridgehead atoms. The molecule has 1 heterocycles. The highest BCUT2D eigenvalue weighted by molar-refractivity contribution is 5.80. The molecule has 0 saturated carbocycles. The predicted octanol–water partition coefficient (Wildman–Crippen LogP) is 18.2. The summed E-state index contributed by atoms with van der Waals surface area (Å²) >= 11 is 0. The van der Waals surface area contributed by atoms with Gasteiger partial charge in [-0.15, -0.1) is 0 Å². The fraction of sp³-hybridized carbons (Fsp3) is 0.760. The Hall–Kier alpha value is -3.42. The van der Waals surface area contributed by atoms with E-state index in [9.17, 15) is 35.1 Å². The summed E-state index contributed by atoms with van der Waals surface area (Å²) in [5.41, 5.74) is 0. The number of aliphatic hydroxyl groups excluding tert-OH is 5. The van der Waals surface area contributed by atoms with E-state index in [1.807, 2.05) is 12.2 Å². The lowest BCUT2D eigenvalue weighted by Gasteiger charge is -2.41. The minimum atomic E-state index is -1.63. The van der Waals surface area contributed by atoms with Gasteiger partial charge in [0.25, 0.3) is 0 Å². The number of rotatable bonds is 60. The minimum Gasteiger partial charge on any atom is -0.454 e. The van der Waals surface area contributed by atoms with Crippen molar-refractivity contribution in [1.82, 2.24) is 5.32 Å². The standard InChI is InChI=1S/C75H131NO10/c1-4-7-10-13-16-19-22-25-27-29-31-33-34-35-36-37-39-41-43-45-48-51-54-57-60-63-70(80)86-73-72(82)71(81)69(64-77)85-75(73)84-65-66(67(78)61-58-55-52-49-46-24-21-18-15-12-9-6-3)76-74(83)68(79)62-59-56-53-50-47-44-42-40-38-32-30-28-26-23-20-17-14-11-8-5-2/h8,11,17,20,25-28,32,38,42,44,50,53,58,61,66-69,71-73,75,77-79,81-82H,4-7,9-10,12-16,18-19,21-24,29-31,33-37,39-41,43,45-49,51-52,54-57,59-60,62-65H2,1-3H3,(H,76,83)/b11-8-,20-17-,27-25+,28-26-,38-32-,44-42-,53-50-,61-58+. The zero-order valence-corrected chi connectivity index (χ0v) is 55.2. The topological polar surface area (TPSA) is 175 Å². The summed E-state index contributed by atoms with van der Waals surface area (Å²) in [5, 5.41) is 57.2. The molecule has 8 atom stereocenters. The van der Waals surface area contributed by atoms with Crippen molar-refractivity contribution in [3.63, 3.8) is 0 Å². The maximum atomic E-state index is 13.5. The molecule has 0 aromatic carbocycles. The first-order chi connectivity index (χ1) is 42.2. The van der Waals surface area contributed by atoms with Crippen molar-refractivity contribution < 1.29 is 49.3 Å². The average molecular weight is 1210 g/mol. The van der Waals surface area contributed by atoms with Crippen molar-refractivity contribution in [2.24, 2.45) is 0 Å². The molecule has 0 aliphatic carbocycles. The maximum absolute atomic E-state index is 13.5. The number of aliphatic hydroxyl groups is 5. The number of hydrogen-bond donors (Lipinski definition) is 6. The summed E-state index contributed by atoms with van der Waals surface area (Å²) in [5.74, 6) is -1.24. The molecule has 11 nitrogen and oxygen atoms in total. The molecule has 0 radical (unpaired) electrons. The van der Waals surface area contributed by atoms with Crippen LogP contribution in [0.25, 0.3) is 0 Å². The van der Waals surface area contributed by atoms with E-state index in [1.54, 1.807) is 6.08 Å². The molecule has 86 heavy (non-hydrogen) atoms. The lowest BCUT2D eigenvalue weighted by atomic mass is 9.99. The van der Waals surface area contributed by atoms with Gasteiger partial charge in [0.1, 0.15) is 24.4 Å². The molecule has 11 heteroatoms. The second-order valence-electron chi connectivity index (χ2n) is 24.2. The van der Waals surface area contributed by atoms with Gasteiger partial charge < -0.3 is 45.1 Å². The van der Waals surface area contributed by atoms with E-state index in [1.165, 1.54) is 167 Å². The summed E-state index contributed by atoms with van der Waals surface area (Å²) in [6.07, 6.45) is 73.1. The van der Waals surface area contributed by atoms with Gasteiger partial charge >= 0.3 is 5.97 Å². The normalized spacial score (nSPS) is 18.9. The van der Waals surface area contributed by atoms with Crippen LogP contribution in [0, 0.1) is 0 Å². The number of allylic oxidation sites excluding steroid dienone is 15. The maximum Gasteiger partial charge on any atom is 0.306 e. The average Bonchev–Trinajstić information content (AvgIpc) is 3.30. The van der Waals surface area contributed by atoms with Crippen molar-refractivity contribution in [2.45, 2.75) is 352 Å². The molecule has 496 valence electrons. The van der Waals surface area contributed by atoms with E-state index in [0.717, 1.165) is 83.5 Å². The minimum absolute atomic E-state index is 0.116. The Morgan fingerprint density at radius 2 is 0.837 bits per heavy atom. The third-order valence-electron chi connectivity index (χ3n) is 16.2. The number of carbonyl (C=O) groups excluding carboxylic acids is 2. The van der Waals surface area contributed by atoms with Crippen LogP contribution in [-0.4, -0.2) is 99.6 Å². The summed E-state index contributed by atoms with van der Waals surface area (Å²) in [6, 6.07) is -1.05. The molecule has 1 amide bonds. The SMILES string of the molecule is CC/C=C\C/C=C\C/C=C\C/C=C\C/C=C\C/C=C\CCCC(O)C(=O)NC(COC1OC(CO)C(O)C(O)C1OC(=O)CCCCCCCCCCCCCCCCC/C=C/CCCCCCCC)C(O)/C=C/CCCCCCCCCCCC. The number of nitrogens with one attached hydrogen (secondary N) is 1. The van der Waals surface area contributed by atoms with Crippen molar-refractivity contribution in [2.75, 3.05) is 13.2 Å². The fourth-order valence-electron chi connectivity index (χ4n) is 10.7. The van der Waals surface area contributed by atoms with Crippen LogP contribution < -0.4 is 5.32 Å². The van der Waals surface area contributed by atoms with Crippen molar-refractivity contribution in [1.29, 1.82) is 0 Å². The van der Waals surface area contributed by atoms with Crippen LogP contribution in [0.2, 0.25) is 0 Å². The monoisotopic (exact) mass is 1210 g/mol. The molecular weight excluding hydrogens is 1070 g/mol. The van der Waals surface area contributed by atoms with E-state index in [-0.39, 0.29) is 19.4 Å². The zero-order chi connectivity index (χ0) is 62.4. The van der Waals surface area contributed by atoms with E-state index in [0.29, 0.717) is 19.3 Å². The largest absolute Gasteiger partial charge is 0.454 e. The molecule has 1 rings (SSSR count). The number of amides is 1. The lowest BCUT2D eigenvalue weighted by molar-refractivity contribution is -0.305. The Morgan fingerprint density at radius 3 is 1.27 bits per heavy atom. The molecule has 6 N–H and O–H groups in total. The second-order valence-corrected chi connectivity index (χ2v) is 24.2. The molecule has 8 unspecified atom stereocenters. The van der Waals surface area contributed by atoms with Crippen LogP contribution in [-0.2, 0) is 23.8 Å². The summed E-state index contributed by atoms with van der Waals surface area (Å²) in [7, 11) is 0. The number of esters is 1. The molecule has 1 fully saturated rings. The summed E-state index contributed by atoms with van der Waals surface area (Å²) in [6.45, 7) is 5.67. The first kappa shape index (κ1) is 80.6. The van der Waals surface area contributed by atoms with Crippen LogP contribution >= 0.6 is 0 Å². The van der Waals surface area contributed by atoms with Gasteiger partial charge in [0.2, 0.25) is 5.91 Å². The Bertz CT molecular complexity index is 1770. The van der Waals surface area contributed by atoms with Gasteiger partial charge in [0.15, 0.2) is 12.4 Å². The number of ether oxygens (including phenoxy) is 3. The summed E-state index contributed by atoms with van der Waals surface area (Å²) in [4.78, 5) is 26.7. The second kappa shape index (κ2) is 61.8. The molecule has 1 aliphatic heterocycles. The van der Waals surface area contributed by atoms with E-state index in [4.69, 9.17) is 14.2 Å². The van der Waals surface area contributed by atoms with Crippen molar-refractivity contribution in [3.8, 4) is 0 Å². The van der Waals surface area contributed by atoms with E-state index < -0.39 is 67.4 Å². The van der Waals surface area contributed by atoms with Gasteiger partial charge in [-0.1, -0.05) is 291 Å². The Labute approximate surface area is 526 Å². The molecule has 0 aromatic heterocycles. The van der Waals surface area contributed by atoms with Gasteiger partial charge in [-0.2, -0.15) is 0 Å². The van der Waals surface area contributed by atoms with Gasteiger partial charge in [-0.05, 0) is 103 Å². The zero-order valence-electron chi connectivity index (χ0n) is 55.2. The first-order valence-corrected chi connectivity index (χ1v) is 35.5. The van der Waals surface area contributed by atoms with Crippen LogP contribution in [0.15, 0.2) is 97.2 Å². The van der Waals surface area contributed by atoms with Crippen LogP contribution in [0.4, 0.5) is 0 Å². The molecule has 0 spiro atoms. The smallest absolute Gasteiger partial charge is 0.306 e. The van der Waals surface area contributed by atoms with Gasteiger partial charge in [0, 0.05) is 6.42 Å². The Morgan fingerprint density at radius 1 is 0.465 bits per heavy atom. The number of unbranched alkanes of at least 4 members (excludes halogenated alkanes) is 32. The van der Waals surface area contributed by atoms with Crippen molar-refractivity contribution in [3.05, 3.63) is 97.2 Å². The van der Waals surface area contributed by atoms with E-state index in [2.05, 4.69) is 105 Å². The third kappa shape index (κ3) is 48.5. The number of carbonyl (C=O) groups is 2. The lowest BCUT2D eigenvalue weighted by Crippen LogP contribution is -2.61. The van der Waals surface area contributed by atoms with Gasteiger partial charge in [-0.25, -0.2) is 0 Å². The highest BCUT2D eigenvalue weighted by atomic mass is 16.7. The first-order valence-electron chi connectivity index (χ1n) is 35.5. The third-order valence-corrected chi connectivity index (χ3v) is 16.2. The van der Waals surface area contributed by atoms with Gasteiger partial charge in [-0.3, -0.25) is 9.59 Å². The fourth-order valence-corrected chi connectivity index (χ4v) is 10.7. The van der Waals surface area contributed by atoms with Crippen molar-refractivity contribution >= 4 is 11.9 Å². The molecule has 1 aliphatic rings. The predicted molar refractivity (Wildman–Crippen MR) is 361 cm³/mol. The summed E-state index contributed by atoms with van der Waals surface area (Å²) < 4.78 is 17.7. The molecule has 1 saturated heterocycles. The Kier molecular flexibility index (Phi) is 57.9. The van der Waals surface area contributed by atoms with Crippen LogP contribution in [0.5, 0.6) is 0 Å². The number of hydrogen-bond acceptors (Lipinski definition) is 10. The van der Waals surface area contributed by atoms with Crippen LogP contribution in [0.1, 0.15) is 303 Å². The molecular formula is C75H131NO10. The molecule has 0 aromatic rings. The Balaban J connectivity index is 2.60. The van der Waals surface area contributed by atoms with Gasteiger partial charge in [0.05, 0.1) is 25.4 Å².